The standard InChI is InChI=1S/C10H16O4/c1-9(2,14-3)6-10(8(12)13)4-7(11)5-10/h4-6H2,1-3H3,(H,12,13). The summed E-state index contributed by atoms with van der Waals surface area (Å²) >= 11 is 0. The Hall–Kier alpha value is -0.900. The molecule has 1 fully saturated rings. The van der Waals surface area contributed by atoms with Crippen molar-refractivity contribution in [3.63, 3.8) is 0 Å². The summed E-state index contributed by atoms with van der Waals surface area (Å²) in [4.78, 5) is 21.9. The second-order valence-electron chi connectivity index (χ2n) is 4.62. The van der Waals surface area contributed by atoms with Crippen LogP contribution in [0.4, 0.5) is 0 Å². The second kappa shape index (κ2) is 3.35. The first kappa shape index (κ1) is 11.2. The van der Waals surface area contributed by atoms with Gasteiger partial charge in [0.15, 0.2) is 0 Å². The summed E-state index contributed by atoms with van der Waals surface area (Å²) in [6.45, 7) is 3.67. The number of carbonyl (C=O) groups is 2. The van der Waals surface area contributed by atoms with Gasteiger partial charge in [-0.05, 0) is 20.3 Å². The van der Waals surface area contributed by atoms with E-state index in [9.17, 15) is 9.59 Å². The Morgan fingerprint density at radius 2 is 2.07 bits per heavy atom. The lowest BCUT2D eigenvalue weighted by molar-refractivity contribution is -0.166. The number of Topliss-reactive ketones (excluding diaryl/α,β-unsaturated/α-hetero) is 1. The average molecular weight is 200 g/mol. The van der Waals surface area contributed by atoms with E-state index in [1.807, 2.05) is 13.8 Å². The van der Waals surface area contributed by atoms with Crippen molar-refractivity contribution in [2.24, 2.45) is 5.41 Å². The van der Waals surface area contributed by atoms with E-state index >= 15 is 0 Å². The highest BCUT2D eigenvalue weighted by molar-refractivity contribution is 5.97. The van der Waals surface area contributed by atoms with Crippen molar-refractivity contribution < 1.29 is 19.4 Å². The Labute approximate surface area is 83.2 Å². The smallest absolute Gasteiger partial charge is 0.310 e. The fraction of sp³-hybridized carbons (Fsp3) is 0.800. The first-order valence-corrected chi connectivity index (χ1v) is 4.62. The first-order valence-electron chi connectivity index (χ1n) is 4.62. The molecule has 4 nitrogen and oxygen atoms in total. The summed E-state index contributed by atoms with van der Waals surface area (Å²) in [6.07, 6.45) is 0.682. The van der Waals surface area contributed by atoms with Gasteiger partial charge in [0.25, 0.3) is 0 Å². The van der Waals surface area contributed by atoms with Gasteiger partial charge in [0.05, 0.1) is 11.0 Å². The van der Waals surface area contributed by atoms with E-state index in [1.54, 1.807) is 7.11 Å². The van der Waals surface area contributed by atoms with Crippen molar-refractivity contribution in [3.05, 3.63) is 0 Å². The van der Waals surface area contributed by atoms with E-state index in [2.05, 4.69) is 0 Å². The van der Waals surface area contributed by atoms with Gasteiger partial charge in [-0.3, -0.25) is 9.59 Å². The maximum atomic E-state index is 11.0. The molecule has 4 heteroatoms. The summed E-state index contributed by atoms with van der Waals surface area (Å²) in [5.41, 5.74) is -1.37. The molecule has 0 aliphatic heterocycles. The highest BCUT2D eigenvalue weighted by Gasteiger charge is 2.52. The van der Waals surface area contributed by atoms with Crippen LogP contribution in [0.1, 0.15) is 33.1 Å². The molecular formula is C10H16O4. The summed E-state index contributed by atoms with van der Waals surface area (Å²) in [5, 5.41) is 9.05. The minimum atomic E-state index is -0.887. The number of methoxy groups -OCH3 is 1. The van der Waals surface area contributed by atoms with Gasteiger partial charge in [0.1, 0.15) is 5.78 Å². The number of carboxylic acid groups (broad SMARTS) is 1. The molecule has 1 saturated carbocycles. The van der Waals surface area contributed by atoms with Crippen molar-refractivity contribution in [1.29, 1.82) is 0 Å². The van der Waals surface area contributed by atoms with Crippen LogP contribution in [-0.4, -0.2) is 29.6 Å². The Bertz CT molecular complexity index is 259. The molecule has 1 rings (SSSR count). The normalized spacial score (nSPS) is 20.4. The van der Waals surface area contributed by atoms with Gasteiger partial charge in [-0.1, -0.05) is 0 Å². The fourth-order valence-corrected chi connectivity index (χ4v) is 1.94. The molecule has 14 heavy (non-hydrogen) atoms. The zero-order chi connectivity index (χ0) is 11.0. The van der Waals surface area contributed by atoms with Gasteiger partial charge < -0.3 is 9.84 Å². The maximum Gasteiger partial charge on any atom is 0.310 e. The third kappa shape index (κ3) is 1.95. The SMILES string of the molecule is COC(C)(C)CC1(C(=O)O)CC(=O)C1. The van der Waals surface area contributed by atoms with E-state index in [0.29, 0.717) is 6.42 Å². The Morgan fingerprint density at radius 1 is 1.57 bits per heavy atom. The average Bonchev–Trinajstić information content (AvgIpc) is 2.00. The third-order valence-corrected chi connectivity index (χ3v) is 2.84. The van der Waals surface area contributed by atoms with Crippen LogP contribution in [0, 0.1) is 5.41 Å². The van der Waals surface area contributed by atoms with Crippen molar-refractivity contribution in [2.75, 3.05) is 7.11 Å². The van der Waals surface area contributed by atoms with E-state index in [1.165, 1.54) is 0 Å². The summed E-state index contributed by atoms with van der Waals surface area (Å²) in [7, 11) is 1.55. The van der Waals surface area contributed by atoms with Crippen LogP contribution in [0.2, 0.25) is 0 Å². The minimum Gasteiger partial charge on any atom is -0.481 e. The van der Waals surface area contributed by atoms with Crippen LogP contribution >= 0.6 is 0 Å². The molecule has 0 amide bonds. The Morgan fingerprint density at radius 3 is 2.36 bits per heavy atom. The molecule has 0 unspecified atom stereocenters. The number of carboxylic acids is 1. The molecule has 0 radical (unpaired) electrons. The van der Waals surface area contributed by atoms with Gasteiger partial charge >= 0.3 is 5.97 Å². The highest BCUT2D eigenvalue weighted by Crippen LogP contribution is 2.45. The summed E-state index contributed by atoms with van der Waals surface area (Å²) < 4.78 is 5.18. The van der Waals surface area contributed by atoms with E-state index in [-0.39, 0.29) is 18.6 Å². The van der Waals surface area contributed by atoms with Crippen LogP contribution < -0.4 is 0 Å². The Kier molecular flexibility index (Phi) is 2.67. The van der Waals surface area contributed by atoms with Crippen molar-refractivity contribution >= 4 is 11.8 Å². The van der Waals surface area contributed by atoms with Gasteiger partial charge in [-0.15, -0.1) is 0 Å². The van der Waals surface area contributed by atoms with Crippen LogP contribution in [0.5, 0.6) is 0 Å². The summed E-state index contributed by atoms with van der Waals surface area (Å²) in [6, 6.07) is 0. The van der Waals surface area contributed by atoms with Crippen LogP contribution in [-0.2, 0) is 14.3 Å². The number of ketones is 1. The fourth-order valence-electron chi connectivity index (χ4n) is 1.94. The number of rotatable bonds is 4. The molecule has 0 spiro atoms. The van der Waals surface area contributed by atoms with Crippen molar-refractivity contribution in [2.45, 2.75) is 38.7 Å². The van der Waals surface area contributed by atoms with E-state index < -0.39 is 17.0 Å². The lowest BCUT2D eigenvalue weighted by Crippen LogP contribution is -2.48. The zero-order valence-corrected chi connectivity index (χ0v) is 8.79. The number of hydrogen-bond acceptors (Lipinski definition) is 3. The number of ether oxygens (including phenoxy) is 1. The van der Waals surface area contributed by atoms with Gasteiger partial charge in [0.2, 0.25) is 0 Å². The first-order chi connectivity index (χ1) is 6.31. The molecule has 1 aliphatic carbocycles. The maximum absolute atomic E-state index is 11.0. The quantitative estimate of drug-likeness (QED) is 0.741. The Balaban J connectivity index is 2.72. The molecule has 1 N–H and O–H groups in total. The molecule has 0 aromatic carbocycles. The van der Waals surface area contributed by atoms with Crippen LogP contribution in [0.25, 0.3) is 0 Å². The molecule has 0 saturated heterocycles. The molecule has 0 aromatic heterocycles. The number of carbonyl (C=O) groups excluding carboxylic acids is 1. The van der Waals surface area contributed by atoms with E-state index in [4.69, 9.17) is 9.84 Å². The predicted octanol–water partition coefficient (Wildman–Crippen LogP) is 1.24. The van der Waals surface area contributed by atoms with Crippen LogP contribution in [0.15, 0.2) is 0 Å². The van der Waals surface area contributed by atoms with Crippen molar-refractivity contribution in [3.8, 4) is 0 Å². The molecule has 0 atom stereocenters. The second-order valence-corrected chi connectivity index (χ2v) is 4.62. The minimum absolute atomic E-state index is 0.0271. The topological polar surface area (TPSA) is 63.6 Å². The summed E-state index contributed by atoms with van der Waals surface area (Å²) in [5.74, 6) is -0.860. The molecule has 0 heterocycles. The number of hydrogen-bond donors (Lipinski definition) is 1. The lowest BCUT2D eigenvalue weighted by atomic mass is 9.63. The largest absolute Gasteiger partial charge is 0.481 e. The molecule has 80 valence electrons. The van der Waals surface area contributed by atoms with Crippen molar-refractivity contribution in [1.82, 2.24) is 0 Å². The monoisotopic (exact) mass is 200 g/mol. The number of aliphatic carboxylic acids is 1. The van der Waals surface area contributed by atoms with Gasteiger partial charge in [-0.2, -0.15) is 0 Å². The van der Waals surface area contributed by atoms with Crippen LogP contribution in [0.3, 0.4) is 0 Å². The molecule has 0 aromatic rings. The molecule has 0 bridgehead atoms. The molecular weight excluding hydrogens is 184 g/mol. The van der Waals surface area contributed by atoms with E-state index in [0.717, 1.165) is 0 Å². The lowest BCUT2D eigenvalue weighted by Gasteiger charge is -2.41. The zero-order valence-electron chi connectivity index (χ0n) is 8.79. The van der Waals surface area contributed by atoms with Gasteiger partial charge in [-0.25, -0.2) is 0 Å². The predicted molar refractivity (Wildman–Crippen MR) is 50.0 cm³/mol. The van der Waals surface area contributed by atoms with Gasteiger partial charge in [0, 0.05) is 20.0 Å². The third-order valence-electron chi connectivity index (χ3n) is 2.84. The molecule has 1 aliphatic rings. The highest BCUT2D eigenvalue weighted by atomic mass is 16.5.